The van der Waals surface area contributed by atoms with Crippen molar-refractivity contribution in [1.29, 1.82) is 0 Å². The predicted octanol–water partition coefficient (Wildman–Crippen LogP) is 2.49. The average Bonchev–Trinajstić information content (AvgIpc) is 2.79. The van der Waals surface area contributed by atoms with Gasteiger partial charge in [-0.15, -0.1) is 0 Å². The molecule has 1 aliphatic heterocycles. The lowest BCUT2D eigenvalue weighted by Gasteiger charge is -2.31. The fourth-order valence-electron chi connectivity index (χ4n) is 2.65. The zero-order chi connectivity index (χ0) is 13.2. The summed E-state index contributed by atoms with van der Waals surface area (Å²) in [6.45, 7) is 3.23. The number of nitrogens with two attached hydrogens (primary N) is 1. The predicted molar refractivity (Wildman–Crippen MR) is 79.3 cm³/mol. The number of piperidine rings is 1. The third-order valence-electron chi connectivity index (χ3n) is 3.74. The fraction of sp³-hybridized carbons (Fsp3) is 0.500. The molecule has 0 aliphatic carbocycles. The van der Waals surface area contributed by atoms with E-state index in [1.54, 1.807) is 11.3 Å². The Bertz CT molecular complexity index is 561. The van der Waals surface area contributed by atoms with Gasteiger partial charge in [0.15, 0.2) is 5.13 Å². The molecule has 1 saturated heterocycles. The van der Waals surface area contributed by atoms with E-state index in [1.807, 2.05) is 7.11 Å². The second-order valence-corrected chi connectivity index (χ2v) is 6.13. The van der Waals surface area contributed by atoms with Crippen molar-refractivity contribution < 1.29 is 4.74 Å². The van der Waals surface area contributed by atoms with Crippen LogP contribution in [0.25, 0.3) is 10.2 Å². The van der Waals surface area contributed by atoms with Gasteiger partial charge in [-0.3, -0.25) is 4.90 Å². The highest BCUT2D eigenvalue weighted by Crippen LogP contribution is 2.25. The van der Waals surface area contributed by atoms with E-state index in [4.69, 9.17) is 10.5 Å². The lowest BCUT2D eigenvalue weighted by atomic mass is 10.1. The van der Waals surface area contributed by atoms with E-state index in [2.05, 4.69) is 28.1 Å². The molecule has 5 heteroatoms. The summed E-state index contributed by atoms with van der Waals surface area (Å²) < 4.78 is 6.59. The highest BCUT2D eigenvalue weighted by Gasteiger charge is 2.18. The first-order valence-electron chi connectivity index (χ1n) is 6.64. The van der Waals surface area contributed by atoms with Crippen LogP contribution in [0.5, 0.6) is 0 Å². The smallest absolute Gasteiger partial charge is 0.181 e. The van der Waals surface area contributed by atoms with Gasteiger partial charge in [-0.2, -0.15) is 0 Å². The molecule has 0 atom stereocenters. The van der Waals surface area contributed by atoms with Gasteiger partial charge in [0, 0.05) is 26.7 Å². The highest BCUT2D eigenvalue weighted by atomic mass is 32.1. The number of hydrogen-bond donors (Lipinski definition) is 1. The van der Waals surface area contributed by atoms with E-state index in [9.17, 15) is 0 Å². The van der Waals surface area contributed by atoms with Gasteiger partial charge in [-0.1, -0.05) is 17.4 Å². The molecule has 0 saturated carbocycles. The van der Waals surface area contributed by atoms with Gasteiger partial charge in [0.1, 0.15) is 0 Å². The van der Waals surface area contributed by atoms with Crippen molar-refractivity contribution >= 4 is 26.7 Å². The summed E-state index contributed by atoms with van der Waals surface area (Å²) in [5.41, 5.74) is 8.08. The van der Waals surface area contributed by atoms with Gasteiger partial charge in [0.25, 0.3) is 0 Å². The first kappa shape index (κ1) is 12.8. The van der Waals surface area contributed by atoms with Crippen LogP contribution in [0.4, 0.5) is 5.13 Å². The molecular formula is C14H19N3OS. The molecule has 4 nitrogen and oxygen atoms in total. The SMILES string of the molecule is COC1CCN(Cc2ccc3nc(N)sc3c2)CC1. The van der Waals surface area contributed by atoms with Crippen LogP contribution in [0.3, 0.4) is 0 Å². The Kier molecular flexibility index (Phi) is 3.68. The van der Waals surface area contributed by atoms with Crippen molar-refractivity contribution in [3.63, 3.8) is 0 Å². The number of rotatable bonds is 3. The van der Waals surface area contributed by atoms with Gasteiger partial charge in [0.2, 0.25) is 0 Å². The second kappa shape index (κ2) is 5.45. The molecule has 0 bridgehead atoms. The number of methoxy groups -OCH3 is 1. The van der Waals surface area contributed by atoms with Crippen LogP contribution in [0.15, 0.2) is 18.2 Å². The molecule has 0 amide bonds. The monoisotopic (exact) mass is 277 g/mol. The molecule has 2 N–H and O–H groups in total. The molecule has 1 fully saturated rings. The van der Waals surface area contributed by atoms with Crippen molar-refractivity contribution in [2.75, 3.05) is 25.9 Å². The average molecular weight is 277 g/mol. The third kappa shape index (κ3) is 2.88. The Morgan fingerprint density at radius 2 is 2.21 bits per heavy atom. The number of thiazole rings is 1. The minimum Gasteiger partial charge on any atom is -0.381 e. The summed E-state index contributed by atoms with van der Waals surface area (Å²) in [5.74, 6) is 0. The highest BCUT2D eigenvalue weighted by molar-refractivity contribution is 7.22. The molecule has 1 aliphatic rings. The van der Waals surface area contributed by atoms with Gasteiger partial charge in [-0.05, 0) is 30.5 Å². The van der Waals surface area contributed by atoms with Crippen LogP contribution in [-0.4, -0.2) is 36.2 Å². The first-order chi connectivity index (χ1) is 9.24. The van der Waals surface area contributed by atoms with Crippen molar-refractivity contribution in [1.82, 2.24) is 9.88 Å². The van der Waals surface area contributed by atoms with Crippen LogP contribution in [0.2, 0.25) is 0 Å². The minimum absolute atomic E-state index is 0.444. The number of anilines is 1. The van der Waals surface area contributed by atoms with Crippen LogP contribution in [-0.2, 0) is 11.3 Å². The summed E-state index contributed by atoms with van der Waals surface area (Å²) in [6.07, 6.45) is 2.71. The quantitative estimate of drug-likeness (QED) is 0.936. The Hall–Kier alpha value is -1.17. The Labute approximate surface area is 117 Å². The largest absolute Gasteiger partial charge is 0.381 e. The summed E-state index contributed by atoms with van der Waals surface area (Å²) in [6, 6.07) is 6.44. The van der Waals surface area contributed by atoms with E-state index in [0.29, 0.717) is 11.2 Å². The van der Waals surface area contributed by atoms with E-state index in [1.165, 1.54) is 10.3 Å². The normalized spacial score (nSPS) is 18.2. The summed E-state index contributed by atoms with van der Waals surface area (Å²) in [4.78, 5) is 6.78. The maximum absolute atomic E-state index is 5.74. The van der Waals surface area contributed by atoms with E-state index < -0.39 is 0 Å². The van der Waals surface area contributed by atoms with Gasteiger partial charge in [0.05, 0.1) is 16.3 Å². The van der Waals surface area contributed by atoms with Crippen molar-refractivity contribution in [2.24, 2.45) is 0 Å². The number of benzene rings is 1. The molecule has 2 aromatic rings. The van der Waals surface area contributed by atoms with Gasteiger partial charge in [-0.25, -0.2) is 4.98 Å². The maximum atomic E-state index is 5.74. The molecular weight excluding hydrogens is 258 g/mol. The molecule has 0 unspecified atom stereocenters. The van der Waals surface area contributed by atoms with Crippen molar-refractivity contribution in [2.45, 2.75) is 25.5 Å². The second-order valence-electron chi connectivity index (χ2n) is 5.07. The molecule has 0 radical (unpaired) electrons. The zero-order valence-corrected chi connectivity index (χ0v) is 11.9. The summed E-state index contributed by atoms with van der Waals surface area (Å²) in [7, 11) is 1.81. The number of hydrogen-bond acceptors (Lipinski definition) is 5. The fourth-order valence-corrected chi connectivity index (χ4v) is 3.44. The van der Waals surface area contributed by atoms with Crippen LogP contribution in [0.1, 0.15) is 18.4 Å². The number of likely N-dealkylation sites (tertiary alicyclic amines) is 1. The Morgan fingerprint density at radius 3 is 2.95 bits per heavy atom. The number of ether oxygens (including phenoxy) is 1. The topological polar surface area (TPSA) is 51.4 Å². The van der Waals surface area contributed by atoms with Gasteiger partial charge >= 0.3 is 0 Å². The molecule has 102 valence electrons. The Morgan fingerprint density at radius 1 is 1.42 bits per heavy atom. The van der Waals surface area contributed by atoms with Crippen molar-refractivity contribution in [3.8, 4) is 0 Å². The number of nitrogens with zero attached hydrogens (tertiary/aromatic N) is 2. The standard InChI is InChI=1S/C14H19N3OS/c1-18-11-4-6-17(7-5-11)9-10-2-3-12-13(8-10)19-14(15)16-12/h2-3,8,11H,4-7,9H2,1H3,(H2,15,16). The lowest BCUT2D eigenvalue weighted by Crippen LogP contribution is -2.36. The minimum atomic E-state index is 0.444. The first-order valence-corrected chi connectivity index (χ1v) is 7.46. The maximum Gasteiger partial charge on any atom is 0.181 e. The molecule has 19 heavy (non-hydrogen) atoms. The summed E-state index contributed by atoms with van der Waals surface area (Å²) >= 11 is 1.56. The lowest BCUT2D eigenvalue weighted by molar-refractivity contribution is 0.0389. The number of aromatic nitrogens is 1. The van der Waals surface area contributed by atoms with E-state index in [0.717, 1.165) is 38.0 Å². The molecule has 1 aromatic heterocycles. The zero-order valence-electron chi connectivity index (χ0n) is 11.1. The van der Waals surface area contributed by atoms with Gasteiger partial charge < -0.3 is 10.5 Å². The number of fused-ring (bicyclic) bond motifs is 1. The Balaban J connectivity index is 1.68. The van der Waals surface area contributed by atoms with E-state index in [-0.39, 0.29) is 0 Å². The summed E-state index contributed by atoms with van der Waals surface area (Å²) in [5, 5.41) is 0.646. The number of nitrogen functional groups attached to an aromatic ring is 1. The van der Waals surface area contributed by atoms with Crippen LogP contribution < -0.4 is 5.73 Å². The molecule has 3 rings (SSSR count). The molecule has 2 heterocycles. The molecule has 0 spiro atoms. The van der Waals surface area contributed by atoms with E-state index >= 15 is 0 Å². The van der Waals surface area contributed by atoms with Crippen LogP contribution >= 0.6 is 11.3 Å². The third-order valence-corrected chi connectivity index (χ3v) is 4.59. The molecule has 1 aromatic carbocycles. The van der Waals surface area contributed by atoms with Crippen molar-refractivity contribution in [3.05, 3.63) is 23.8 Å². The van der Waals surface area contributed by atoms with Crippen LogP contribution in [0, 0.1) is 0 Å².